The van der Waals surface area contributed by atoms with E-state index in [2.05, 4.69) is 0 Å². The minimum atomic E-state index is -4.92. The molecule has 3 N–H and O–H groups in total. The van der Waals surface area contributed by atoms with Crippen molar-refractivity contribution in [1.29, 1.82) is 0 Å². The van der Waals surface area contributed by atoms with Crippen LogP contribution in [0.4, 0.5) is 13.2 Å². The summed E-state index contributed by atoms with van der Waals surface area (Å²) in [6.07, 6.45) is -4.54. The van der Waals surface area contributed by atoms with Crippen LogP contribution in [0.15, 0.2) is 18.2 Å². The van der Waals surface area contributed by atoms with Crippen molar-refractivity contribution in [2.24, 2.45) is 0 Å². The van der Waals surface area contributed by atoms with Crippen molar-refractivity contribution in [2.75, 3.05) is 13.1 Å². The third-order valence-electron chi connectivity index (χ3n) is 3.52. The van der Waals surface area contributed by atoms with Gasteiger partial charge in [-0.1, -0.05) is 0 Å². The van der Waals surface area contributed by atoms with Crippen LogP contribution in [0.3, 0.4) is 0 Å². The highest BCUT2D eigenvalue weighted by molar-refractivity contribution is 5.95. The Hall–Kier alpha value is -2.45. The van der Waals surface area contributed by atoms with Crippen molar-refractivity contribution < 1.29 is 33.0 Å². The molecule has 126 valence electrons. The van der Waals surface area contributed by atoms with Gasteiger partial charge in [0.15, 0.2) is 0 Å². The van der Waals surface area contributed by atoms with E-state index in [-0.39, 0.29) is 43.0 Å². The zero-order valence-electron chi connectivity index (χ0n) is 11.9. The normalized spacial score (nSPS) is 16.2. The fourth-order valence-corrected chi connectivity index (χ4v) is 2.40. The van der Waals surface area contributed by atoms with Crippen LogP contribution in [0.1, 0.15) is 23.2 Å². The topological polar surface area (TPSA) is 89.9 Å². The monoisotopic (exact) mass is 332 g/mol. The van der Waals surface area contributed by atoms with Gasteiger partial charge in [0, 0.05) is 30.8 Å². The lowest BCUT2D eigenvalue weighted by molar-refractivity contribution is -0.174. The van der Waals surface area contributed by atoms with Crippen molar-refractivity contribution >= 4 is 11.8 Å². The highest BCUT2D eigenvalue weighted by atomic mass is 19.4. The van der Waals surface area contributed by atoms with E-state index in [4.69, 9.17) is 0 Å². The van der Waals surface area contributed by atoms with Gasteiger partial charge >= 0.3 is 12.1 Å². The fraction of sp³-hybridized carbons (Fsp3) is 0.429. The number of amides is 2. The number of likely N-dealkylation sites (tertiary alicyclic amines) is 1. The van der Waals surface area contributed by atoms with E-state index in [0.29, 0.717) is 0 Å². The number of benzene rings is 1. The number of carbonyl (C=O) groups excluding carboxylic acids is 2. The van der Waals surface area contributed by atoms with Crippen LogP contribution in [-0.2, 0) is 4.79 Å². The van der Waals surface area contributed by atoms with E-state index >= 15 is 0 Å². The van der Waals surface area contributed by atoms with Crippen LogP contribution in [0.25, 0.3) is 0 Å². The maximum absolute atomic E-state index is 12.2. The zero-order valence-corrected chi connectivity index (χ0v) is 11.9. The third-order valence-corrected chi connectivity index (χ3v) is 3.52. The average molecular weight is 332 g/mol. The molecule has 1 aliphatic heterocycles. The number of alkyl halides is 3. The number of nitrogens with one attached hydrogen (secondary N) is 1. The lowest BCUT2D eigenvalue weighted by Gasteiger charge is -2.32. The van der Waals surface area contributed by atoms with Crippen LogP contribution < -0.4 is 5.32 Å². The van der Waals surface area contributed by atoms with E-state index in [1.807, 2.05) is 5.32 Å². The molecule has 1 aromatic rings. The number of halogens is 3. The highest BCUT2D eigenvalue weighted by Crippen LogP contribution is 2.23. The number of piperidine rings is 1. The molecule has 6 nitrogen and oxygen atoms in total. The SMILES string of the molecule is O=C(c1cc(O)cc(O)c1)N1CCC(NC(=O)C(F)(F)F)CC1. The minimum absolute atomic E-state index is 0.0836. The van der Waals surface area contributed by atoms with Gasteiger partial charge in [0.25, 0.3) is 5.91 Å². The molecule has 0 aromatic heterocycles. The fourth-order valence-electron chi connectivity index (χ4n) is 2.40. The van der Waals surface area contributed by atoms with Crippen LogP contribution in [0, 0.1) is 0 Å². The molecule has 0 aliphatic carbocycles. The number of hydrogen-bond donors (Lipinski definition) is 3. The van der Waals surface area contributed by atoms with Gasteiger partial charge in [-0.2, -0.15) is 13.2 Å². The molecule has 0 saturated carbocycles. The molecule has 0 radical (unpaired) electrons. The van der Waals surface area contributed by atoms with E-state index in [9.17, 15) is 33.0 Å². The Labute approximate surface area is 129 Å². The van der Waals surface area contributed by atoms with E-state index < -0.39 is 24.0 Å². The Kier molecular flexibility index (Phi) is 4.67. The summed E-state index contributed by atoms with van der Waals surface area (Å²) in [5, 5.41) is 20.6. The van der Waals surface area contributed by atoms with Crippen molar-refractivity contribution in [3.05, 3.63) is 23.8 Å². The maximum Gasteiger partial charge on any atom is 0.471 e. The molecule has 2 rings (SSSR count). The largest absolute Gasteiger partial charge is 0.508 e. The quantitative estimate of drug-likeness (QED) is 0.763. The number of hydrogen-bond acceptors (Lipinski definition) is 4. The second-order valence-corrected chi connectivity index (χ2v) is 5.28. The number of phenolic OH excluding ortho intramolecular Hbond substituents is 2. The number of aromatic hydroxyl groups is 2. The second-order valence-electron chi connectivity index (χ2n) is 5.28. The first kappa shape index (κ1) is 16.9. The highest BCUT2D eigenvalue weighted by Gasteiger charge is 2.40. The van der Waals surface area contributed by atoms with E-state index in [0.717, 1.165) is 6.07 Å². The first-order valence-electron chi connectivity index (χ1n) is 6.87. The summed E-state index contributed by atoms with van der Waals surface area (Å²) >= 11 is 0. The second kappa shape index (κ2) is 6.35. The van der Waals surface area contributed by atoms with Crippen molar-refractivity contribution in [3.63, 3.8) is 0 Å². The molecule has 9 heteroatoms. The van der Waals surface area contributed by atoms with Crippen LogP contribution in [-0.4, -0.2) is 52.2 Å². The van der Waals surface area contributed by atoms with Crippen LogP contribution in [0.2, 0.25) is 0 Å². The molecule has 1 aromatic carbocycles. The lowest BCUT2D eigenvalue weighted by Crippen LogP contribution is -2.49. The standard InChI is InChI=1S/C14H15F3N2O4/c15-14(16,17)13(23)18-9-1-3-19(4-2-9)12(22)8-5-10(20)7-11(21)6-8/h5-7,9,20-21H,1-4H2,(H,18,23). The summed E-state index contributed by atoms with van der Waals surface area (Å²) < 4.78 is 36.5. The van der Waals surface area contributed by atoms with Gasteiger partial charge in [0.2, 0.25) is 0 Å². The van der Waals surface area contributed by atoms with Gasteiger partial charge in [-0.3, -0.25) is 9.59 Å². The number of phenols is 2. The first-order chi connectivity index (χ1) is 10.7. The molecule has 0 unspecified atom stereocenters. The van der Waals surface area contributed by atoms with Gasteiger partial charge in [-0.25, -0.2) is 0 Å². The van der Waals surface area contributed by atoms with Gasteiger partial charge in [0.1, 0.15) is 11.5 Å². The van der Waals surface area contributed by atoms with Crippen molar-refractivity contribution in [2.45, 2.75) is 25.1 Å². The van der Waals surface area contributed by atoms with Gasteiger partial charge in [-0.15, -0.1) is 0 Å². The van der Waals surface area contributed by atoms with Crippen LogP contribution >= 0.6 is 0 Å². The predicted molar refractivity (Wildman–Crippen MR) is 72.9 cm³/mol. The molecule has 2 amide bonds. The summed E-state index contributed by atoms with van der Waals surface area (Å²) in [4.78, 5) is 24.5. The van der Waals surface area contributed by atoms with Gasteiger partial charge < -0.3 is 20.4 Å². The number of carbonyl (C=O) groups is 2. The molecule has 0 bridgehead atoms. The first-order valence-corrected chi connectivity index (χ1v) is 6.87. The van der Waals surface area contributed by atoms with Crippen LogP contribution in [0.5, 0.6) is 11.5 Å². The maximum atomic E-state index is 12.2. The van der Waals surface area contributed by atoms with Gasteiger partial charge in [0.05, 0.1) is 0 Å². The lowest BCUT2D eigenvalue weighted by atomic mass is 10.0. The van der Waals surface area contributed by atoms with Crippen molar-refractivity contribution in [1.82, 2.24) is 10.2 Å². The molecule has 0 atom stereocenters. The van der Waals surface area contributed by atoms with E-state index in [1.165, 1.54) is 17.0 Å². The zero-order chi connectivity index (χ0) is 17.2. The Morgan fingerprint density at radius 1 is 1.09 bits per heavy atom. The van der Waals surface area contributed by atoms with Gasteiger partial charge in [-0.05, 0) is 25.0 Å². The molecular weight excluding hydrogens is 317 g/mol. The number of nitrogens with zero attached hydrogens (tertiary/aromatic N) is 1. The molecular formula is C14H15F3N2O4. The van der Waals surface area contributed by atoms with E-state index in [1.54, 1.807) is 0 Å². The summed E-state index contributed by atoms with van der Waals surface area (Å²) in [5.41, 5.74) is 0.0836. The summed E-state index contributed by atoms with van der Waals surface area (Å²) in [5.74, 6) is -2.96. The molecule has 23 heavy (non-hydrogen) atoms. The average Bonchev–Trinajstić information content (AvgIpc) is 2.45. The minimum Gasteiger partial charge on any atom is -0.508 e. The number of rotatable bonds is 2. The molecule has 1 saturated heterocycles. The summed E-state index contributed by atoms with van der Waals surface area (Å²) in [6, 6.07) is 2.82. The Morgan fingerprint density at radius 2 is 1.61 bits per heavy atom. The molecule has 1 aliphatic rings. The summed E-state index contributed by atoms with van der Waals surface area (Å²) in [6.45, 7) is 0.329. The molecule has 1 fully saturated rings. The molecule has 0 spiro atoms. The Balaban J connectivity index is 1.94. The molecule has 1 heterocycles. The van der Waals surface area contributed by atoms with Crippen molar-refractivity contribution in [3.8, 4) is 11.5 Å². The smallest absolute Gasteiger partial charge is 0.471 e. The third kappa shape index (κ3) is 4.27. The Morgan fingerprint density at radius 3 is 2.09 bits per heavy atom. The summed E-state index contributed by atoms with van der Waals surface area (Å²) in [7, 11) is 0. The Bertz CT molecular complexity index is 590. The predicted octanol–water partition coefficient (Wildman–Crippen LogP) is 1.38.